The SMILES string of the molecule is CC(O)CC1(O)CN(C(=O)c2ccc(NS(O)(O)c3cccc4cccnc34)cc2)C1. The summed E-state index contributed by atoms with van der Waals surface area (Å²) in [4.78, 5) is 18.7. The first-order valence-electron chi connectivity index (χ1n) is 9.86. The number of aromatic nitrogens is 1. The zero-order valence-electron chi connectivity index (χ0n) is 17.0. The van der Waals surface area contributed by atoms with Crippen LogP contribution in [0.15, 0.2) is 65.7 Å². The summed E-state index contributed by atoms with van der Waals surface area (Å²) in [6.45, 7) is 1.95. The maximum atomic E-state index is 12.6. The number of nitrogens with one attached hydrogen (secondary N) is 1. The number of aliphatic hydroxyl groups is 2. The molecule has 9 heteroatoms. The molecule has 1 aliphatic heterocycles. The number of pyridine rings is 1. The van der Waals surface area contributed by atoms with Crippen LogP contribution in [0.4, 0.5) is 5.69 Å². The number of hydrogen-bond acceptors (Lipinski definition) is 7. The number of likely N-dealkylation sites (tertiary alicyclic amines) is 1. The molecule has 4 rings (SSSR count). The molecule has 164 valence electrons. The molecule has 1 unspecified atom stereocenters. The molecule has 0 aliphatic carbocycles. The second kappa shape index (κ2) is 8.10. The van der Waals surface area contributed by atoms with Crippen LogP contribution < -0.4 is 4.72 Å². The topological polar surface area (TPSA) is 126 Å². The lowest BCUT2D eigenvalue weighted by Crippen LogP contribution is -2.64. The molecule has 3 aromatic rings. The monoisotopic (exact) mass is 443 g/mol. The lowest BCUT2D eigenvalue weighted by atomic mass is 9.88. The smallest absolute Gasteiger partial charge is 0.254 e. The Morgan fingerprint density at radius 2 is 1.84 bits per heavy atom. The molecular weight excluding hydrogens is 418 g/mol. The highest BCUT2D eigenvalue weighted by Gasteiger charge is 2.44. The van der Waals surface area contributed by atoms with E-state index in [9.17, 15) is 24.1 Å². The summed E-state index contributed by atoms with van der Waals surface area (Å²) in [7, 11) is -3.37. The van der Waals surface area contributed by atoms with Crippen LogP contribution in [0.1, 0.15) is 23.7 Å². The number of anilines is 1. The number of carbonyl (C=O) groups is 1. The molecule has 1 atom stereocenters. The lowest BCUT2D eigenvalue weighted by Gasteiger charge is -2.47. The zero-order chi connectivity index (χ0) is 22.2. The molecule has 2 heterocycles. The van der Waals surface area contributed by atoms with Crippen LogP contribution in [-0.4, -0.2) is 59.9 Å². The van der Waals surface area contributed by atoms with E-state index in [1.54, 1.807) is 55.6 Å². The Kier molecular flexibility index (Phi) is 5.63. The summed E-state index contributed by atoms with van der Waals surface area (Å²) < 4.78 is 24.2. The van der Waals surface area contributed by atoms with Gasteiger partial charge in [0.1, 0.15) is 10.5 Å². The van der Waals surface area contributed by atoms with E-state index < -0.39 is 22.5 Å². The van der Waals surface area contributed by atoms with Crippen molar-refractivity contribution < 1.29 is 24.1 Å². The Balaban J connectivity index is 1.45. The second-order valence-electron chi connectivity index (χ2n) is 8.00. The third kappa shape index (κ3) is 4.51. The molecule has 31 heavy (non-hydrogen) atoms. The Bertz CT molecular complexity index is 1090. The summed E-state index contributed by atoms with van der Waals surface area (Å²) in [5.41, 5.74) is 0.326. The van der Waals surface area contributed by atoms with Gasteiger partial charge in [-0.05, 0) is 43.3 Å². The van der Waals surface area contributed by atoms with Gasteiger partial charge in [-0.15, -0.1) is 0 Å². The Hall–Kier alpha value is -2.69. The van der Waals surface area contributed by atoms with Crippen LogP contribution in [0.3, 0.4) is 0 Å². The molecule has 0 bridgehead atoms. The fraction of sp³-hybridized carbons (Fsp3) is 0.273. The molecule has 1 saturated heterocycles. The van der Waals surface area contributed by atoms with E-state index >= 15 is 0 Å². The molecule has 1 fully saturated rings. The fourth-order valence-electron chi connectivity index (χ4n) is 3.88. The van der Waals surface area contributed by atoms with Crippen molar-refractivity contribution in [2.75, 3.05) is 17.8 Å². The maximum absolute atomic E-state index is 12.6. The van der Waals surface area contributed by atoms with Crippen molar-refractivity contribution in [1.82, 2.24) is 9.88 Å². The molecule has 1 aromatic heterocycles. The van der Waals surface area contributed by atoms with Gasteiger partial charge in [-0.1, -0.05) is 29.0 Å². The quantitative estimate of drug-likeness (QED) is 0.396. The van der Waals surface area contributed by atoms with Gasteiger partial charge in [0.25, 0.3) is 5.91 Å². The highest BCUT2D eigenvalue weighted by molar-refractivity contribution is 8.25. The summed E-state index contributed by atoms with van der Waals surface area (Å²) in [5, 5.41) is 20.5. The second-order valence-corrected chi connectivity index (χ2v) is 9.74. The summed E-state index contributed by atoms with van der Waals surface area (Å²) in [5.74, 6) is -0.230. The Morgan fingerprint density at radius 1 is 1.16 bits per heavy atom. The Morgan fingerprint density at radius 3 is 2.52 bits per heavy atom. The fourth-order valence-corrected chi connectivity index (χ4v) is 5.16. The van der Waals surface area contributed by atoms with E-state index in [0.717, 1.165) is 5.39 Å². The van der Waals surface area contributed by atoms with E-state index in [2.05, 4.69) is 9.71 Å². The number of benzene rings is 2. The third-order valence-electron chi connectivity index (χ3n) is 5.23. The van der Waals surface area contributed by atoms with Crippen molar-refractivity contribution >= 4 is 33.3 Å². The van der Waals surface area contributed by atoms with Crippen molar-refractivity contribution in [3.8, 4) is 0 Å². The maximum Gasteiger partial charge on any atom is 0.254 e. The van der Waals surface area contributed by atoms with Crippen molar-refractivity contribution in [3.63, 3.8) is 0 Å². The standard InChI is InChI=1S/C22H25N3O5S/c1-15(26)12-22(28)13-25(14-22)21(27)17-7-9-18(10-8-17)24-31(29,30)19-6-2-4-16-5-3-11-23-20(16)19/h2-11,15,24,26,28-30H,12-14H2,1H3. The highest BCUT2D eigenvalue weighted by Crippen LogP contribution is 2.50. The minimum absolute atomic E-state index is 0.172. The number of carbonyl (C=O) groups excluding carboxylic acids is 1. The van der Waals surface area contributed by atoms with Crippen molar-refractivity contribution in [1.29, 1.82) is 0 Å². The van der Waals surface area contributed by atoms with E-state index in [-0.39, 0.29) is 25.4 Å². The van der Waals surface area contributed by atoms with Gasteiger partial charge < -0.3 is 15.1 Å². The third-order valence-corrected chi connectivity index (χ3v) is 6.69. The van der Waals surface area contributed by atoms with Gasteiger partial charge in [0, 0.05) is 23.6 Å². The van der Waals surface area contributed by atoms with Gasteiger partial charge in [0.05, 0.1) is 30.4 Å². The van der Waals surface area contributed by atoms with E-state index in [1.165, 1.54) is 4.90 Å². The number of fused-ring (bicyclic) bond motifs is 1. The predicted octanol–water partition coefficient (Wildman–Crippen LogP) is 3.33. The number of para-hydroxylation sites is 1. The first kappa shape index (κ1) is 21.5. The van der Waals surface area contributed by atoms with Crippen LogP contribution in [-0.2, 0) is 0 Å². The average Bonchev–Trinajstić information content (AvgIpc) is 2.70. The minimum Gasteiger partial charge on any atom is -0.393 e. The number of aliphatic hydroxyl groups excluding tert-OH is 1. The van der Waals surface area contributed by atoms with Gasteiger partial charge in [0.2, 0.25) is 0 Å². The predicted molar refractivity (Wildman–Crippen MR) is 120 cm³/mol. The number of amides is 1. The largest absolute Gasteiger partial charge is 0.393 e. The summed E-state index contributed by atoms with van der Waals surface area (Å²) >= 11 is 0. The summed E-state index contributed by atoms with van der Waals surface area (Å²) in [6.07, 6.45) is 1.18. The first-order chi connectivity index (χ1) is 14.7. The van der Waals surface area contributed by atoms with Crippen LogP contribution >= 0.6 is 10.8 Å². The van der Waals surface area contributed by atoms with Gasteiger partial charge in [0.15, 0.2) is 0 Å². The molecule has 1 aliphatic rings. The van der Waals surface area contributed by atoms with Crippen LogP contribution in [0.2, 0.25) is 0 Å². The van der Waals surface area contributed by atoms with Crippen LogP contribution in [0.5, 0.6) is 0 Å². The number of nitrogens with zero attached hydrogens (tertiary/aromatic N) is 2. The normalized spacial score (nSPS) is 17.1. The van der Waals surface area contributed by atoms with Crippen molar-refractivity contribution in [2.24, 2.45) is 0 Å². The van der Waals surface area contributed by atoms with Gasteiger partial charge in [-0.2, -0.15) is 0 Å². The molecule has 5 N–H and O–H groups in total. The summed E-state index contributed by atoms with van der Waals surface area (Å²) in [6, 6.07) is 15.2. The van der Waals surface area contributed by atoms with Crippen molar-refractivity contribution in [2.45, 2.75) is 29.9 Å². The zero-order valence-corrected chi connectivity index (χ0v) is 17.8. The highest BCUT2D eigenvalue weighted by atomic mass is 32.3. The average molecular weight is 444 g/mol. The number of rotatable bonds is 6. The van der Waals surface area contributed by atoms with Gasteiger partial charge in [-0.25, -0.2) is 0 Å². The molecular formula is C22H25N3O5S. The lowest BCUT2D eigenvalue weighted by molar-refractivity contribution is -0.102. The number of β-amino-alcohol motifs (C(OH)–C–C–N with tert-alkyl or cyclic N) is 1. The minimum atomic E-state index is -3.37. The Labute approximate surface area is 181 Å². The molecule has 2 aromatic carbocycles. The van der Waals surface area contributed by atoms with Crippen molar-refractivity contribution in [3.05, 3.63) is 66.4 Å². The van der Waals surface area contributed by atoms with Crippen LogP contribution in [0.25, 0.3) is 10.9 Å². The molecule has 0 radical (unpaired) electrons. The van der Waals surface area contributed by atoms with E-state index in [4.69, 9.17) is 0 Å². The number of hydrogen-bond donors (Lipinski definition) is 5. The first-order valence-corrected chi connectivity index (χ1v) is 11.4. The van der Waals surface area contributed by atoms with Crippen LogP contribution in [0, 0.1) is 0 Å². The molecule has 0 saturated carbocycles. The van der Waals surface area contributed by atoms with E-state index in [0.29, 0.717) is 21.7 Å². The van der Waals surface area contributed by atoms with E-state index in [1.807, 2.05) is 12.1 Å². The molecule has 8 nitrogen and oxygen atoms in total. The molecule has 1 amide bonds. The van der Waals surface area contributed by atoms with Gasteiger partial charge in [-0.3, -0.25) is 23.6 Å². The van der Waals surface area contributed by atoms with Gasteiger partial charge >= 0.3 is 0 Å². The molecule has 0 spiro atoms.